The molecule has 100 valence electrons. The van der Waals surface area contributed by atoms with E-state index in [-0.39, 0.29) is 6.10 Å². The first-order valence-electron chi connectivity index (χ1n) is 7.01. The van der Waals surface area contributed by atoms with Gasteiger partial charge in [0.05, 0.1) is 6.10 Å². The molecule has 0 radical (unpaired) electrons. The van der Waals surface area contributed by atoms with E-state index in [2.05, 4.69) is 48.3 Å². The predicted octanol–water partition coefficient (Wildman–Crippen LogP) is 2.32. The molecule has 18 heavy (non-hydrogen) atoms. The van der Waals surface area contributed by atoms with Gasteiger partial charge in [-0.3, -0.25) is 0 Å². The van der Waals surface area contributed by atoms with Crippen LogP contribution in [0, 0.1) is 0 Å². The van der Waals surface area contributed by atoms with E-state index in [1.807, 2.05) is 0 Å². The number of hydrogen-bond donors (Lipinski definition) is 2. The van der Waals surface area contributed by atoms with Crippen molar-refractivity contribution < 1.29 is 5.11 Å². The summed E-state index contributed by atoms with van der Waals surface area (Å²) >= 11 is 0. The molecule has 1 aliphatic rings. The average Bonchev–Trinajstić information content (AvgIpc) is 2.83. The minimum absolute atomic E-state index is 0.158. The second-order valence-corrected chi connectivity index (χ2v) is 5.00. The topological polar surface area (TPSA) is 35.5 Å². The molecule has 0 bridgehead atoms. The lowest BCUT2D eigenvalue weighted by Gasteiger charge is -2.20. The van der Waals surface area contributed by atoms with Crippen molar-refractivity contribution in [3.63, 3.8) is 0 Å². The number of hydrogen-bond acceptors (Lipinski definition) is 3. The monoisotopic (exact) mass is 248 g/mol. The zero-order valence-corrected chi connectivity index (χ0v) is 11.4. The highest BCUT2D eigenvalue weighted by molar-refractivity contribution is 5.49. The van der Waals surface area contributed by atoms with Gasteiger partial charge in [-0.1, -0.05) is 26.0 Å². The Balaban J connectivity index is 2.04. The fourth-order valence-electron chi connectivity index (χ4n) is 2.64. The zero-order valence-electron chi connectivity index (χ0n) is 11.4. The van der Waals surface area contributed by atoms with Gasteiger partial charge in [0.2, 0.25) is 0 Å². The van der Waals surface area contributed by atoms with Crippen molar-refractivity contribution in [3.8, 4) is 0 Å². The third-order valence-corrected chi connectivity index (χ3v) is 3.68. The van der Waals surface area contributed by atoms with E-state index in [1.54, 1.807) is 0 Å². The van der Waals surface area contributed by atoms with Crippen LogP contribution < -0.4 is 10.2 Å². The van der Waals surface area contributed by atoms with E-state index in [9.17, 15) is 5.11 Å². The molecule has 2 atom stereocenters. The minimum atomic E-state index is -0.158. The molecule has 1 fully saturated rings. The average molecular weight is 248 g/mol. The van der Waals surface area contributed by atoms with Crippen LogP contribution >= 0.6 is 0 Å². The van der Waals surface area contributed by atoms with Crippen molar-refractivity contribution in [2.75, 3.05) is 24.5 Å². The number of β-amino-alcohol motifs (C(OH)–C–C–N with tert-alkyl or cyclic N) is 1. The highest BCUT2D eigenvalue weighted by atomic mass is 16.3. The maximum absolute atomic E-state index is 9.56. The first kappa shape index (κ1) is 13.4. The van der Waals surface area contributed by atoms with Crippen LogP contribution in [-0.4, -0.2) is 30.8 Å². The van der Waals surface area contributed by atoms with Gasteiger partial charge in [-0.2, -0.15) is 0 Å². The van der Waals surface area contributed by atoms with Crippen LogP contribution in [0.1, 0.15) is 38.3 Å². The first-order chi connectivity index (χ1) is 8.74. The first-order valence-corrected chi connectivity index (χ1v) is 7.01. The van der Waals surface area contributed by atoms with Gasteiger partial charge in [0.15, 0.2) is 0 Å². The summed E-state index contributed by atoms with van der Waals surface area (Å²) in [6, 6.07) is 9.21. The number of aliphatic hydroxyl groups is 1. The van der Waals surface area contributed by atoms with Gasteiger partial charge in [-0.05, 0) is 37.1 Å². The SMILES string of the molecule is CCNC(CC)c1ccc(N2CCC(O)C2)cc1. The van der Waals surface area contributed by atoms with Gasteiger partial charge in [-0.15, -0.1) is 0 Å². The third-order valence-electron chi connectivity index (χ3n) is 3.68. The van der Waals surface area contributed by atoms with Gasteiger partial charge in [0.1, 0.15) is 0 Å². The number of benzene rings is 1. The van der Waals surface area contributed by atoms with Crippen molar-refractivity contribution >= 4 is 5.69 Å². The number of rotatable bonds is 5. The lowest BCUT2D eigenvalue weighted by Crippen LogP contribution is -2.22. The lowest BCUT2D eigenvalue weighted by atomic mass is 10.0. The van der Waals surface area contributed by atoms with Crippen molar-refractivity contribution in [2.45, 2.75) is 38.8 Å². The molecular weight excluding hydrogens is 224 g/mol. The largest absolute Gasteiger partial charge is 0.391 e. The lowest BCUT2D eigenvalue weighted by molar-refractivity contribution is 0.198. The Bertz CT molecular complexity index is 340. The second-order valence-electron chi connectivity index (χ2n) is 5.00. The Labute approximate surface area is 110 Å². The number of anilines is 1. The van der Waals surface area contributed by atoms with Crippen molar-refractivity contribution in [1.29, 1.82) is 0 Å². The molecule has 0 aromatic heterocycles. The van der Waals surface area contributed by atoms with Gasteiger partial charge in [0, 0.05) is 24.8 Å². The molecule has 1 heterocycles. The molecule has 2 unspecified atom stereocenters. The standard InChI is InChI=1S/C15H24N2O/c1-3-15(16-4-2)12-5-7-13(8-6-12)17-10-9-14(18)11-17/h5-8,14-16,18H,3-4,9-11H2,1-2H3. The highest BCUT2D eigenvalue weighted by Gasteiger charge is 2.20. The van der Waals surface area contributed by atoms with E-state index in [0.29, 0.717) is 6.04 Å². The molecule has 0 amide bonds. The summed E-state index contributed by atoms with van der Waals surface area (Å²) in [5, 5.41) is 13.1. The summed E-state index contributed by atoms with van der Waals surface area (Å²) in [4.78, 5) is 2.25. The molecule has 1 aliphatic heterocycles. The van der Waals surface area contributed by atoms with Gasteiger partial charge in [0.25, 0.3) is 0 Å². The quantitative estimate of drug-likeness (QED) is 0.839. The predicted molar refractivity (Wildman–Crippen MR) is 76.0 cm³/mol. The third kappa shape index (κ3) is 3.03. The van der Waals surface area contributed by atoms with E-state index in [4.69, 9.17) is 0 Å². The Morgan fingerprint density at radius 2 is 2.06 bits per heavy atom. The van der Waals surface area contributed by atoms with Crippen LogP contribution in [0.25, 0.3) is 0 Å². The van der Waals surface area contributed by atoms with Crippen molar-refractivity contribution in [3.05, 3.63) is 29.8 Å². The van der Waals surface area contributed by atoms with E-state index >= 15 is 0 Å². The molecule has 2 N–H and O–H groups in total. The van der Waals surface area contributed by atoms with Gasteiger partial charge < -0.3 is 15.3 Å². The molecule has 0 saturated carbocycles. The number of nitrogens with one attached hydrogen (secondary N) is 1. The van der Waals surface area contributed by atoms with E-state index < -0.39 is 0 Å². The Kier molecular flexibility index (Phi) is 4.61. The summed E-state index contributed by atoms with van der Waals surface area (Å²) in [5.74, 6) is 0. The highest BCUT2D eigenvalue weighted by Crippen LogP contribution is 2.24. The van der Waals surface area contributed by atoms with Crippen LogP contribution in [0.4, 0.5) is 5.69 Å². The van der Waals surface area contributed by atoms with Crippen molar-refractivity contribution in [2.24, 2.45) is 0 Å². The fourth-order valence-corrected chi connectivity index (χ4v) is 2.64. The second kappa shape index (κ2) is 6.21. The molecule has 2 rings (SSSR count). The van der Waals surface area contributed by atoms with Crippen LogP contribution in [-0.2, 0) is 0 Å². The number of aliphatic hydroxyl groups excluding tert-OH is 1. The summed E-state index contributed by atoms with van der Waals surface area (Å²) in [6.07, 6.45) is 1.83. The zero-order chi connectivity index (χ0) is 13.0. The molecule has 3 nitrogen and oxygen atoms in total. The Morgan fingerprint density at radius 1 is 1.33 bits per heavy atom. The van der Waals surface area contributed by atoms with Crippen LogP contribution in [0.5, 0.6) is 0 Å². The molecule has 1 aromatic rings. The molecule has 1 saturated heterocycles. The summed E-state index contributed by atoms with van der Waals surface area (Å²) in [7, 11) is 0. The summed E-state index contributed by atoms with van der Waals surface area (Å²) in [5.41, 5.74) is 2.57. The van der Waals surface area contributed by atoms with Crippen LogP contribution in [0.2, 0.25) is 0 Å². The summed E-state index contributed by atoms with van der Waals surface area (Å²) in [6.45, 7) is 7.08. The maximum atomic E-state index is 9.56. The van der Waals surface area contributed by atoms with Crippen LogP contribution in [0.3, 0.4) is 0 Å². The Hall–Kier alpha value is -1.06. The van der Waals surface area contributed by atoms with E-state index in [0.717, 1.165) is 32.5 Å². The van der Waals surface area contributed by atoms with Crippen LogP contribution in [0.15, 0.2) is 24.3 Å². The maximum Gasteiger partial charge on any atom is 0.0731 e. The minimum Gasteiger partial charge on any atom is -0.391 e. The molecule has 1 aromatic carbocycles. The molecule has 0 spiro atoms. The number of nitrogens with zero attached hydrogens (tertiary/aromatic N) is 1. The van der Waals surface area contributed by atoms with Crippen molar-refractivity contribution in [1.82, 2.24) is 5.32 Å². The summed E-state index contributed by atoms with van der Waals surface area (Å²) < 4.78 is 0. The van der Waals surface area contributed by atoms with Gasteiger partial charge in [-0.25, -0.2) is 0 Å². The Morgan fingerprint density at radius 3 is 2.56 bits per heavy atom. The molecular formula is C15H24N2O. The van der Waals surface area contributed by atoms with Gasteiger partial charge >= 0.3 is 0 Å². The molecule has 3 heteroatoms. The normalized spacial score (nSPS) is 21.3. The van der Waals surface area contributed by atoms with E-state index in [1.165, 1.54) is 11.3 Å². The smallest absolute Gasteiger partial charge is 0.0731 e. The molecule has 0 aliphatic carbocycles. The fraction of sp³-hybridized carbons (Fsp3) is 0.600.